The van der Waals surface area contributed by atoms with E-state index in [1.165, 1.54) is 10.5 Å². The number of furan rings is 1. The first-order valence-electron chi connectivity index (χ1n) is 6.56. The zero-order valence-electron chi connectivity index (χ0n) is 11.3. The van der Waals surface area contributed by atoms with E-state index in [-0.39, 0.29) is 0 Å². The van der Waals surface area contributed by atoms with E-state index in [1.54, 1.807) is 18.0 Å². The number of thioether (sulfide) groups is 1. The monoisotopic (exact) mass is 291 g/mol. The molecule has 0 unspecified atom stereocenters. The molecule has 0 spiro atoms. The second-order valence-corrected chi connectivity index (χ2v) is 5.34. The molecule has 1 aromatic carbocycles. The molecule has 1 aromatic heterocycles. The number of hydrogen-bond acceptors (Lipinski definition) is 5. The molecule has 2 heterocycles. The van der Waals surface area contributed by atoms with Gasteiger partial charge in [0.1, 0.15) is 19.0 Å². The molecule has 0 bridgehead atoms. The lowest BCUT2D eigenvalue weighted by molar-refractivity contribution is 0.171. The standard InChI is InChI=1S/C15H17NO3S/c1-20-15-8-14-13(18-5-6-19-14)7-11(15)9-16-10-12-3-2-4-17-12/h2-4,7-8,16H,5-6,9-10H2,1H3. The predicted octanol–water partition coefficient (Wildman–Crippen LogP) is 3.06. The van der Waals surface area contributed by atoms with Crippen molar-refractivity contribution in [2.24, 2.45) is 0 Å². The highest BCUT2D eigenvalue weighted by molar-refractivity contribution is 7.98. The fraction of sp³-hybridized carbons (Fsp3) is 0.333. The normalized spacial score (nSPS) is 13.4. The second kappa shape index (κ2) is 6.24. The number of nitrogens with one attached hydrogen (secondary N) is 1. The van der Waals surface area contributed by atoms with Crippen LogP contribution in [0, 0.1) is 0 Å². The molecule has 0 fully saturated rings. The molecular weight excluding hydrogens is 274 g/mol. The third kappa shape index (κ3) is 2.94. The molecule has 3 rings (SSSR count). The van der Waals surface area contributed by atoms with Crippen molar-refractivity contribution in [1.29, 1.82) is 0 Å². The van der Waals surface area contributed by atoms with Crippen LogP contribution >= 0.6 is 11.8 Å². The van der Waals surface area contributed by atoms with Gasteiger partial charge in [-0.05, 0) is 36.1 Å². The van der Waals surface area contributed by atoms with Crippen LogP contribution in [0.2, 0.25) is 0 Å². The van der Waals surface area contributed by atoms with Crippen LogP contribution in [0.15, 0.2) is 39.8 Å². The Morgan fingerprint density at radius 1 is 1.15 bits per heavy atom. The summed E-state index contributed by atoms with van der Waals surface area (Å²) in [5.74, 6) is 2.62. The first-order valence-corrected chi connectivity index (χ1v) is 7.79. The van der Waals surface area contributed by atoms with E-state index < -0.39 is 0 Å². The first-order chi connectivity index (χ1) is 9.86. The maximum absolute atomic E-state index is 5.64. The zero-order chi connectivity index (χ0) is 13.8. The number of ether oxygens (including phenoxy) is 2. The van der Waals surface area contributed by atoms with E-state index in [0.717, 1.165) is 30.3 Å². The summed E-state index contributed by atoms with van der Waals surface area (Å²) in [5.41, 5.74) is 1.22. The molecule has 0 amide bonds. The summed E-state index contributed by atoms with van der Waals surface area (Å²) in [6.45, 7) is 2.73. The Morgan fingerprint density at radius 3 is 2.65 bits per heavy atom. The van der Waals surface area contributed by atoms with E-state index >= 15 is 0 Å². The molecular formula is C15H17NO3S. The Labute approximate surface area is 122 Å². The van der Waals surface area contributed by atoms with Gasteiger partial charge in [-0.15, -0.1) is 11.8 Å². The number of fused-ring (bicyclic) bond motifs is 1. The van der Waals surface area contributed by atoms with E-state index in [2.05, 4.69) is 23.7 Å². The van der Waals surface area contributed by atoms with Crippen LogP contribution < -0.4 is 14.8 Å². The largest absolute Gasteiger partial charge is 0.486 e. The Morgan fingerprint density at radius 2 is 1.95 bits per heavy atom. The third-order valence-corrected chi connectivity index (χ3v) is 3.96. The Kier molecular flexibility index (Phi) is 4.18. The topological polar surface area (TPSA) is 43.6 Å². The van der Waals surface area contributed by atoms with E-state index in [4.69, 9.17) is 13.9 Å². The third-order valence-electron chi connectivity index (χ3n) is 3.14. The van der Waals surface area contributed by atoms with Crippen molar-refractivity contribution in [3.63, 3.8) is 0 Å². The van der Waals surface area contributed by atoms with Crippen LogP contribution in [0.4, 0.5) is 0 Å². The van der Waals surface area contributed by atoms with Gasteiger partial charge in [0.2, 0.25) is 0 Å². The average Bonchev–Trinajstić information content (AvgIpc) is 3.00. The molecule has 0 saturated carbocycles. The number of benzene rings is 1. The summed E-state index contributed by atoms with van der Waals surface area (Å²) in [4.78, 5) is 1.21. The summed E-state index contributed by atoms with van der Waals surface area (Å²) in [6.07, 6.45) is 3.76. The molecule has 1 aliphatic rings. The van der Waals surface area contributed by atoms with Gasteiger partial charge >= 0.3 is 0 Å². The summed E-state index contributed by atoms with van der Waals surface area (Å²) in [6, 6.07) is 7.99. The fourth-order valence-electron chi connectivity index (χ4n) is 2.17. The van der Waals surface area contributed by atoms with E-state index in [9.17, 15) is 0 Å². The molecule has 0 aliphatic carbocycles. The minimum atomic E-state index is 0.616. The highest BCUT2D eigenvalue weighted by atomic mass is 32.2. The van der Waals surface area contributed by atoms with Crippen molar-refractivity contribution in [3.05, 3.63) is 41.9 Å². The van der Waals surface area contributed by atoms with Crippen molar-refractivity contribution in [3.8, 4) is 11.5 Å². The van der Waals surface area contributed by atoms with Gasteiger partial charge in [-0.1, -0.05) is 0 Å². The van der Waals surface area contributed by atoms with Crippen molar-refractivity contribution in [2.75, 3.05) is 19.5 Å². The van der Waals surface area contributed by atoms with Crippen molar-refractivity contribution >= 4 is 11.8 Å². The highest BCUT2D eigenvalue weighted by Crippen LogP contribution is 2.36. The van der Waals surface area contributed by atoms with Crippen LogP contribution in [0.25, 0.3) is 0 Å². The maximum atomic E-state index is 5.64. The van der Waals surface area contributed by atoms with Gasteiger partial charge < -0.3 is 19.2 Å². The number of rotatable bonds is 5. The molecule has 5 heteroatoms. The smallest absolute Gasteiger partial charge is 0.162 e. The van der Waals surface area contributed by atoms with Gasteiger partial charge in [-0.3, -0.25) is 0 Å². The fourth-order valence-corrected chi connectivity index (χ4v) is 2.79. The lowest BCUT2D eigenvalue weighted by Gasteiger charge is -2.20. The van der Waals surface area contributed by atoms with Crippen LogP contribution in [0.5, 0.6) is 11.5 Å². The molecule has 1 N–H and O–H groups in total. The molecule has 20 heavy (non-hydrogen) atoms. The van der Waals surface area contributed by atoms with Crippen molar-refractivity contribution < 1.29 is 13.9 Å². The van der Waals surface area contributed by atoms with Crippen molar-refractivity contribution in [1.82, 2.24) is 5.32 Å². The zero-order valence-corrected chi connectivity index (χ0v) is 12.2. The Bertz CT molecular complexity index is 569. The summed E-state index contributed by atoms with van der Waals surface area (Å²) in [5, 5.41) is 3.38. The minimum absolute atomic E-state index is 0.616. The van der Waals surface area contributed by atoms with Gasteiger partial charge in [0.15, 0.2) is 11.5 Å². The van der Waals surface area contributed by atoms with Crippen LogP contribution in [-0.2, 0) is 13.1 Å². The summed E-state index contributed by atoms with van der Waals surface area (Å²) < 4.78 is 16.6. The van der Waals surface area contributed by atoms with Crippen LogP contribution in [-0.4, -0.2) is 19.5 Å². The molecule has 2 aromatic rings. The average molecular weight is 291 g/mol. The molecule has 1 aliphatic heterocycles. The molecule has 106 valence electrons. The summed E-state index contributed by atoms with van der Waals surface area (Å²) in [7, 11) is 0. The van der Waals surface area contributed by atoms with Gasteiger partial charge in [0, 0.05) is 11.4 Å². The van der Waals surface area contributed by atoms with Gasteiger partial charge in [0.05, 0.1) is 12.8 Å². The second-order valence-electron chi connectivity index (χ2n) is 4.49. The lowest BCUT2D eigenvalue weighted by atomic mass is 10.2. The maximum Gasteiger partial charge on any atom is 0.162 e. The first kappa shape index (κ1) is 13.4. The Balaban J connectivity index is 1.71. The van der Waals surface area contributed by atoms with Gasteiger partial charge in [-0.25, -0.2) is 0 Å². The Hall–Kier alpha value is -1.59. The molecule has 0 saturated heterocycles. The van der Waals surface area contributed by atoms with Gasteiger partial charge in [-0.2, -0.15) is 0 Å². The van der Waals surface area contributed by atoms with Gasteiger partial charge in [0.25, 0.3) is 0 Å². The highest BCUT2D eigenvalue weighted by Gasteiger charge is 2.15. The molecule has 4 nitrogen and oxygen atoms in total. The van der Waals surface area contributed by atoms with E-state index in [0.29, 0.717) is 13.2 Å². The predicted molar refractivity (Wildman–Crippen MR) is 78.5 cm³/mol. The van der Waals surface area contributed by atoms with E-state index in [1.807, 2.05) is 12.1 Å². The van der Waals surface area contributed by atoms with Crippen LogP contribution in [0.1, 0.15) is 11.3 Å². The lowest BCUT2D eigenvalue weighted by Crippen LogP contribution is -2.17. The quantitative estimate of drug-likeness (QED) is 0.858. The van der Waals surface area contributed by atoms with Crippen LogP contribution in [0.3, 0.4) is 0 Å². The van der Waals surface area contributed by atoms with Crippen molar-refractivity contribution in [2.45, 2.75) is 18.0 Å². The number of hydrogen-bond donors (Lipinski definition) is 1. The SMILES string of the molecule is CSc1cc2c(cc1CNCc1ccco1)OCCO2. The minimum Gasteiger partial charge on any atom is -0.486 e. The molecule has 0 radical (unpaired) electrons. The summed E-state index contributed by atoms with van der Waals surface area (Å²) >= 11 is 1.72. The molecule has 0 atom stereocenters.